The highest BCUT2D eigenvalue weighted by atomic mass is 79.9. The van der Waals surface area contributed by atoms with Gasteiger partial charge in [-0.1, -0.05) is 40.2 Å². The second kappa shape index (κ2) is 11.5. The zero-order valence-electron chi connectivity index (χ0n) is 18.0. The molecule has 2 aromatic rings. The quantitative estimate of drug-likeness (QED) is 0.518. The molecule has 8 heteroatoms. The second-order valence-corrected chi connectivity index (χ2v) is 8.92. The molecular weight excluding hydrogens is 462 g/mol. The van der Waals surface area contributed by atoms with Crippen LogP contribution >= 0.6 is 15.9 Å². The number of hydrogen-bond acceptors (Lipinski definition) is 4. The Hall–Kier alpha value is -2.87. The molecule has 0 heterocycles. The standard InChI is InChI=1S/C23H28BrN3O4/c1-23(2,3)31-22(30)25-12-11-20(28)26-15-17-5-4-6-19(13-17)27-21(29)14-16-7-9-18(24)10-8-16/h4-10,13H,11-12,14-15H2,1-3H3,(H,25,30)(H,26,28)(H,27,29). The maximum Gasteiger partial charge on any atom is 0.407 e. The van der Waals surface area contributed by atoms with Crippen LogP contribution in [0.1, 0.15) is 38.3 Å². The number of carbonyl (C=O) groups excluding carboxylic acids is 3. The number of carbonyl (C=O) groups is 3. The summed E-state index contributed by atoms with van der Waals surface area (Å²) in [6, 6.07) is 14.9. The lowest BCUT2D eigenvalue weighted by atomic mass is 10.1. The van der Waals surface area contributed by atoms with Crippen molar-refractivity contribution in [3.63, 3.8) is 0 Å². The molecule has 0 spiro atoms. The van der Waals surface area contributed by atoms with E-state index in [1.165, 1.54) is 0 Å². The summed E-state index contributed by atoms with van der Waals surface area (Å²) < 4.78 is 6.08. The van der Waals surface area contributed by atoms with Gasteiger partial charge in [0.25, 0.3) is 0 Å². The lowest BCUT2D eigenvalue weighted by molar-refractivity contribution is -0.121. The summed E-state index contributed by atoms with van der Waals surface area (Å²) in [5.74, 6) is -0.308. The first-order valence-corrected chi connectivity index (χ1v) is 10.8. The van der Waals surface area contributed by atoms with Crippen molar-refractivity contribution in [3.05, 3.63) is 64.1 Å². The average molecular weight is 490 g/mol. The molecule has 31 heavy (non-hydrogen) atoms. The maximum atomic E-state index is 12.3. The van der Waals surface area contributed by atoms with Gasteiger partial charge in [-0.25, -0.2) is 4.79 Å². The number of rotatable bonds is 8. The minimum Gasteiger partial charge on any atom is -0.444 e. The lowest BCUT2D eigenvalue weighted by Gasteiger charge is -2.19. The molecule has 0 fully saturated rings. The molecule has 0 unspecified atom stereocenters. The summed E-state index contributed by atoms with van der Waals surface area (Å²) in [4.78, 5) is 35.8. The number of nitrogens with one attached hydrogen (secondary N) is 3. The van der Waals surface area contributed by atoms with Crippen LogP contribution in [0.3, 0.4) is 0 Å². The van der Waals surface area contributed by atoms with Crippen LogP contribution < -0.4 is 16.0 Å². The fourth-order valence-corrected chi connectivity index (χ4v) is 2.90. The van der Waals surface area contributed by atoms with E-state index in [1.54, 1.807) is 26.8 Å². The molecule has 0 saturated heterocycles. The number of halogens is 1. The van der Waals surface area contributed by atoms with Gasteiger partial charge in [0.1, 0.15) is 5.60 Å². The van der Waals surface area contributed by atoms with Crippen molar-refractivity contribution in [1.29, 1.82) is 0 Å². The lowest BCUT2D eigenvalue weighted by Crippen LogP contribution is -2.35. The third kappa shape index (κ3) is 10.1. The number of alkyl carbamates (subject to hydrolysis) is 1. The number of amides is 3. The summed E-state index contributed by atoms with van der Waals surface area (Å²) in [7, 11) is 0. The van der Waals surface area contributed by atoms with Crippen molar-refractivity contribution >= 4 is 39.5 Å². The van der Waals surface area contributed by atoms with Crippen LogP contribution in [0.2, 0.25) is 0 Å². The smallest absolute Gasteiger partial charge is 0.407 e. The normalized spacial score (nSPS) is 10.8. The van der Waals surface area contributed by atoms with E-state index < -0.39 is 11.7 Å². The molecule has 0 radical (unpaired) electrons. The summed E-state index contributed by atoms with van der Waals surface area (Å²) in [6.45, 7) is 5.83. The van der Waals surface area contributed by atoms with Gasteiger partial charge in [0.05, 0.1) is 6.42 Å². The van der Waals surface area contributed by atoms with Crippen LogP contribution in [0.4, 0.5) is 10.5 Å². The average Bonchev–Trinajstić information content (AvgIpc) is 2.67. The van der Waals surface area contributed by atoms with Gasteiger partial charge < -0.3 is 20.7 Å². The Balaban J connectivity index is 1.75. The van der Waals surface area contributed by atoms with Gasteiger partial charge in [-0.2, -0.15) is 0 Å². The molecule has 166 valence electrons. The highest BCUT2D eigenvalue weighted by molar-refractivity contribution is 9.10. The van der Waals surface area contributed by atoms with Crippen molar-refractivity contribution in [2.24, 2.45) is 0 Å². The predicted octanol–water partition coefficient (Wildman–Crippen LogP) is 4.16. The first-order chi connectivity index (χ1) is 14.6. The Kier molecular flexibility index (Phi) is 9.05. The topological polar surface area (TPSA) is 96.5 Å². The van der Waals surface area contributed by atoms with Crippen molar-refractivity contribution in [2.75, 3.05) is 11.9 Å². The molecule has 0 aliphatic rings. The first kappa shape index (κ1) is 24.4. The van der Waals surface area contributed by atoms with E-state index in [-0.39, 0.29) is 31.2 Å². The number of anilines is 1. The first-order valence-electron chi connectivity index (χ1n) is 9.97. The Labute approximate surface area is 191 Å². The molecule has 2 rings (SSSR count). The van der Waals surface area contributed by atoms with Gasteiger partial charge in [-0.3, -0.25) is 9.59 Å². The summed E-state index contributed by atoms with van der Waals surface area (Å²) >= 11 is 3.37. The predicted molar refractivity (Wildman–Crippen MR) is 124 cm³/mol. The molecule has 0 aliphatic heterocycles. The molecular formula is C23H28BrN3O4. The van der Waals surface area contributed by atoms with E-state index in [1.807, 2.05) is 42.5 Å². The maximum absolute atomic E-state index is 12.3. The molecule has 7 nitrogen and oxygen atoms in total. The highest BCUT2D eigenvalue weighted by Gasteiger charge is 2.15. The van der Waals surface area contributed by atoms with Gasteiger partial charge in [0.2, 0.25) is 11.8 Å². The second-order valence-electron chi connectivity index (χ2n) is 8.01. The third-order valence-corrected chi connectivity index (χ3v) is 4.53. The van der Waals surface area contributed by atoms with E-state index >= 15 is 0 Å². The van der Waals surface area contributed by atoms with Gasteiger partial charge in [0.15, 0.2) is 0 Å². The van der Waals surface area contributed by atoms with E-state index in [0.29, 0.717) is 12.2 Å². The molecule has 0 saturated carbocycles. The van der Waals surface area contributed by atoms with E-state index in [2.05, 4.69) is 31.9 Å². The van der Waals surface area contributed by atoms with Crippen LogP contribution in [-0.2, 0) is 27.3 Å². The van der Waals surface area contributed by atoms with Gasteiger partial charge in [-0.05, 0) is 56.2 Å². The summed E-state index contributed by atoms with van der Waals surface area (Å²) in [5.41, 5.74) is 1.87. The monoisotopic (exact) mass is 489 g/mol. The van der Waals surface area contributed by atoms with Crippen molar-refractivity contribution < 1.29 is 19.1 Å². The summed E-state index contributed by atoms with van der Waals surface area (Å²) in [6.07, 6.45) is -0.131. The minimum absolute atomic E-state index is 0.114. The van der Waals surface area contributed by atoms with Gasteiger partial charge in [0, 0.05) is 29.7 Å². The fraction of sp³-hybridized carbons (Fsp3) is 0.348. The summed E-state index contributed by atoms with van der Waals surface area (Å²) in [5, 5.41) is 8.22. The number of benzene rings is 2. The molecule has 0 aliphatic carbocycles. The number of hydrogen-bond donors (Lipinski definition) is 3. The van der Waals surface area contributed by atoms with Crippen LogP contribution in [0.15, 0.2) is 53.0 Å². The largest absolute Gasteiger partial charge is 0.444 e. The van der Waals surface area contributed by atoms with Crippen LogP contribution in [0.5, 0.6) is 0 Å². The van der Waals surface area contributed by atoms with E-state index in [0.717, 1.165) is 15.6 Å². The molecule has 0 bridgehead atoms. The van der Waals surface area contributed by atoms with Crippen molar-refractivity contribution in [1.82, 2.24) is 10.6 Å². The molecule has 0 aromatic heterocycles. The molecule has 0 atom stereocenters. The van der Waals surface area contributed by atoms with Crippen LogP contribution in [-0.4, -0.2) is 30.1 Å². The number of ether oxygens (including phenoxy) is 1. The Morgan fingerprint density at radius 1 is 0.935 bits per heavy atom. The highest BCUT2D eigenvalue weighted by Crippen LogP contribution is 2.14. The Morgan fingerprint density at radius 3 is 2.32 bits per heavy atom. The SMILES string of the molecule is CC(C)(C)OC(=O)NCCC(=O)NCc1cccc(NC(=O)Cc2ccc(Br)cc2)c1. The zero-order chi connectivity index (χ0) is 22.9. The van der Waals surface area contributed by atoms with E-state index in [4.69, 9.17) is 4.74 Å². The Bertz CT molecular complexity index is 908. The van der Waals surface area contributed by atoms with Crippen molar-refractivity contribution in [2.45, 2.75) is 45.8 Å². The molecule has 3 amide bonds. The van der Waals surface area contributed by atoms with Crippen molar-refractivity contribution in [3.8, 4) is 0 Å². The molecule has 2 aromatic carbocycles. The van der Waals surface area contributed by atoms with E-state index in [9.17, 15) is 14.4 Å². The van der Waals surface area contributed by atoms with Gasteiger partial charge >= 0.3 is 6.09 Å². The fourth-order valence-electron chi connectivity index (χ4n) is 2.63. The Morgan fingerprint density at radius 2 is 1.65 bits per heavy atom. The molecule has 3 N–H and O–H groups in total. The van der Waals surface area contributed by atoms with Gasteiger partial charge in [-0.15, -0.1) is 0 Å². The van der Waals surface area contributed by atoms with Crippen LogP contribution in [0.25, 0.3) is 0 Å². The minimum atomic E-state index is -0.578. The third-order valence-electron chi connectivity index (χ3n) is 4.00. The van der Waals surface area contributed by atoms with Crippen LogP contribution in [0, 0.1) is 0 Å². The zero-order valence-corrected chi connectivity index (χ0v) is 19.5.